The van der Waals surface area contributed by atoms with E-state index in [1.165, 1.54) is 6.08 Å². The Balaban J connectivity index is 3.90. The Morgan fingerprint density at radius 2 is 2.44 bits per heavy atom. The van der Waals surface area contributed by atoms with Crippen molar-refractivity contribution in [3.63, 3.8) is 0 Å². The Kier molecular flexibility index (Phi) is 3.30. The number of hydrogen-bond acceptors (Lipinski definition) is 1. The molecular formula is C6H9O2P. The first-order valence-electron chi connectivity index (χ1n) is 2.47. The van der Waals surface area contributed by atoms with E-state index in [2.05, 4.69) is 12.5 Å². The smallest absolute Gasteiger partial charge is 0.215 e. The van der Waals surface area contributed by atoms with E-state index in [-0.39, 0.29) is 12.3 Å². The molecule has 50 valence electrons. The third-order valence-electron chi connectivity index (χ3n) is 0.753. The van der Waals surface area contributed by atoms with Crippen molar-refractivity contribution in [2.24, 2.45) is 0 Å². The topological polar surface area (TPSA) is 37.3 Å². The van der Waals surface area contributed by atoms with Crippen LogP contribution in [0, 0.1) is 12.3 Å². The van der Waals surface area contributed by atoms with Gasteiger partial charge in [0.05, 0.1) is 6.16 Å². The lowest BCUT2D eigenvalue weighted by Gasteiger charge is -2.01. The van der Waals surface area contributed by atoms with Gasteiger partial charge in [-0.1, -0.05) is 12.0 Å². The van der Waals surface area contributed by atoms with Gasteiger partial charge in [0.15, 0.2) is 0 Å². The number of terminal acetylenes is 1. The average molecular weight is 144 g/mol. The summed E-state index contributed by atoms with van der Waals surface area (Å²) in [7, 11) is -3.05. The van der Waals surface area contributed by atoms with E-state index in [4.69, 9.17) is 11.3 Å². The van der Waals surface area contributed by atoms with Gasteiger partial charge in [-0.2, -0.15) is 0 Å². The molecule has 0 rings (SSSR count). The molecule has 9 heavy (non-hydrogen) atoms. The van der Waals surface area contributed by atoms with E-state index in [1.807, 2.05) is 0 Å². The monoisotopic (exact) mass is 144 g/mol. The van der Waals surface area contributed by atoms with Crippen LogP contribution in [-0.4, -0.2) is 17.2 Å². The minimum absolute atomic E-state index is 0.0565. The van der Waals surface area contributed by atoms with Crippen molar-refractivity contribution in [2.75, 3.05) is 12.3 Å². The van der Waals surface area contributed by atoms with E-state index in [1.54, 1.807) is 0 Å². The van der Waals surface area contributed by atoms with Crippen molar-refractivity contribution in [1.29, 1.82) is 0 Å². The average Bonchev–Trinajstić information content (AvgIpc) is 1.64. The Bertz CT molecular complexity index is 178. The second-order valence-corrected chi connectivity index (χ2v) is 4.05. The van der Waals surface area contributed by atoms with Gasteiger partial charge >= 0.3 is 0 Å². The Hall–Kier alpha value is -0.510. The van der Waals surface area contributed by atoms with Crippen LogP contribution >= 0.6 is 7.37 Å². The largest absolute Gasteiger partial charge is 0.343 e. The van der Waals surface area contributed by atoms with Crippen LogP contribution in [0.15, 0.2) is 12.7 Å². The van der Waals surface area contributed by atoms with E-state index >= 15 is 0 Å². The predicted molar refractivity (Wildman–Crippen MR) is 38.6 cm³/mol. The molecule has 0 radical (unpaired) electrons. The number of rotatable bonds is 3. The van der Waals surface area contributed by atoms with Crippen molar-refractivity contribution < 1.29 is 9.46 Å². The van der Waals surface area contributed by atoms with Crippen molar-refractivity contribution in [2.45, 2.75) is 0 Å². The molecule has 0 heterocycles. The Morgan fingerprint density at radius 1 is 1.89 bits per heavy atom. The molecule has 1 atom stereocenters. The van der Waals surface area contributed by atoms with E-state index in [9.17, 15) is 4.57 Å². The fraction of sp³-hybridized carbons (Fsp3) is 0.333. The highest BCUT2D eigenvalue weighted by atomic mass is 31.2. The summed E-state index contributed by atoms with van der Waals surface area (Å²) in [4.78, 5) is 8.86. The van der Waals surface area contributed by atoms with Gasteiger partial charge in [0.1, 0.15) is 0 Å². The molecule has 0 aromatic heterocycles. The van der Waals surface area contributed by atoms with Crippen LogP contribution in [0.3, 0.4) is 0 Å². The van der Waals surface area contributed by atoms with Gasteiger partial charge in [-0.25, -0.2) is 0 Å². The zero-order valence-electron chi connectivity index (χ0n) is 5.08. The fourth-order valence-corrected chi connectivity index (χ4v) is 1.23. The lowest BCUT2D eigenvalue weighted by Crippen LogP contribution is -1.87. The van der Waals surface area contributed by atoms with Crippen molar-refractivity contribution in [3.05, 3.63) is 12.7 Å². The summed E-state index contributed by atoms with van der Waals surface area (Å²) < 4.78 is 10.8. The van der Waals surface area contributed by atoms with Crippen LogP contribution in [0.2, 0.25) is 0 Å². The zero-order valence-corrected chi connectivity index (χ0v) is 5.97. The first-order chi connectivity index (χ1) is 4.12. The molecule has 0 saturated carbocycles. The normalized spacial score (nSPS) is 15.6. The summed E-state index contributed by atoms with van der Waals surface area (Å²) in [6.07, 6.45) is 6.28. The van der Waals surface area contributed by atoms with Crippen LogP contribution in [0.5, 0.6) is 0 Å². The molecule has 0 aliphatic carbocycles. The Morgan fingerprint density at radius 3 is 2.78 bits per heavy atom. The fourth-order valence-electron chi connectivity index (χ4n) is 0.409. The SMILES string of the molecule is C#CCP(=O)(O)CC=C. The van der Waals surface area contributed by atoms with E-state index in [0.717, 1.165) is 0 Å². The maximum atomic E-state index is 10.8. The lowest BCUT2D eigenvalue weighted by molar-refractivity contribution is 0.485. The molecule has 1 unspecified atom stereocenters. The van der Waals surface area contributed by atoms with Gasteiger partial charge in [0.25, 0.3) is 0 Å². The van der Waals surface area contributed by atoms with Gasteiger partial charge in [-0.3, -0.25) is 4.57 Å². The molecule has 0 fully saturated rings. The summed E-state index contributed by atoms with van der Waals surface area (Å²) in [5, 5.41) is 0. The quantitative estimate of drug-likeness (QED) is 0.365. The summed E-state index contributed by atoms with van der Waals surface area (Å²) >= 11 is 0. The number of hydrogen-bond donors (Lipinski definition) is 1. The van der Waals surface area contributed by atoms with Crippen LogP contribution in [0.25, 0.3) is 0 Å². The molecule has 0 spiro atoms. The maximum absolute atomic E-state index is 10.8. The predicted octanol–water partition coefficient (Wildman–Crippen LogP) is 1.08. The summed E-state index contributed by atoms with van der Waals surface area (Å²) in [5.41, 5.74) is 0. The zero-order chi connectivity index (χ0) is 7.33. The second-order valence-electron chi connectivity index (χ2n) is 1.68. The molecular weight excluding hydrogens is 135 g/mol. The molecule has 0 aromatic rings. The van der Waals surface area contributed by atoms with Crippen LogP contribution in [0.4, 0.5) is 0 Å². The van der Waals surface area contributed by atoms with Crippen LogP contribution in [-0.2, 0) is 4.57 Å². The first-order valence-corrected chi connectivity index (χ1v) is 4.50. The van der Waals surface area contributed by atoms with Crippen LogP contribution in [0.1, 0.15) is 0 Å². The summed E-state index contributed by atoms with van der Waals surface area (Å²) in [5.74, 6) is 2.13. The molecule has 0 aromatic carbocycles. The molecule has 3 heteroatoms. The third-order valence-corrected chi connectivity index (χ3v) is 2.26. The van der Waals surface area contributed by atoms with E-state index < -0.39 is 7.37 Å². The van der Waals surface area contributed by atoms with Crippen molar-refractivity contribution in [1.82, 2.24) is 0 Å². The first kappa shape index (κ1) is 8.49. The molecule has 0 bridgehead atoms. The van der Waals surface area contributed by atoms with Crippen molar-refractivity contribution >= 4 is 7.37 Å². The molecule has 0 aliphatic heterocycles. The number of allylic oxidation sites excluding steroid dienone is 1. The van der Waals surface area contributed by atoms with Gasteiger partial charge in [-0.15, -0.1) is 13.0 Å². The molecule has 2 nitrogen and oxygen atoms in total. The molecule has 0 saturated heterocycles. The minimum Gasteiger partial charge on any atom is -0.343 e. The summed E-state index contributed by atoms with van der Waals surface area (Å²) in [6, 6.07) is 0. The highest BCUT2D eigenvalue weighted by molar-refractivity contribution is 7.58. The third kappa shape index (κ3) is 4.02. The Labute approximate surface area is 55.0 Å². The highest BCUT2D eigenvalue weighted by Gasteiger charge is 2.12. The van der Waals surface area contributed by atoms with Gasteiger partial charge in [0.2, 0.25) is 7.37 Å². The summed E-state index contributed by atoms with van der Waals surface area (Å²) in [6.45, 7) is 3.33. The van der Waals surface area contributed by atoms with Gasteiger partial charge in [-0.05, 0) is 0 Å². The highest BCUT2D eigenvalue weighted by Crippen LogP contribution is 2.38. The second kappa shape index (κ2) is 3.50. The maximum Gasteiger partial charge on any atom is 0.215 e. The molecule has 1 N–H and O–H groups in total. The lowest BCUT2D eigenvalue weighted by atomic mass is 10.8. The van der Waals surface area contributed by atoms with Crippen LogP contribution < -0.4 is 0 Å². The standard InChI is InChI=1S/C6H9O2P/c1-3-5-9(7,8)6-4-2/h1,4H,2,5-6H2,(H,7,8). The van der Waals surface area contributed by atoms with E-state index in [0.29, 0.717) is 0 Å². The molecule has 0 aliphatic rings. The van der Waals surface area contributed by atoms with Gasteiger partial charge in [0, 0.05) is 6.16 Å². The molecule has 0 amide bonds. The van der Waals surface area contributed by atoms with Gasteiger partial charge < -0.3 is 4.89 Å². The van der Waals surface area contributed by atoms with Crippen molar-refractivity contribution in [3.8, 4) is 12.3 Å². The minimum atomic E-state index is -3.05.